The Balaban J connectivity index is 1.79. The minimum atomic E-state index is -0.0605. The van der Waals surface area contributed by atoms with Crippen molar-refractivity contribution in [3.8, 4) is 0 Å². The highest BCUT2D eigenvalue weighted by Crippen LogP contribution is 2.24. The third-order valence-corrected chi connectivity index (χ3v) is 3.59. The predicted molar refractivity (Wildman–Crippen MR) is 68.9 cm³/mol. The number of ketones is 1. The van der Waals surface area contributed by atoms with Gasteiger partial charge in [-0.05, 0) is 23.8 Å². The maximum absolute atomic E-state index is 12.3. The van der Waals surface area contributed by atoms with E-state index < -0.39 is 0 Å². The van der Waals surface area contributed by atoms with E-state index in [9.17, 15) is 14.4 Å². The van der Waals surface area contributed by atoms with Crippen LogP contribution in [0.5, 0.6) is 0 Å². The highest BCUT2D eigenvalue weighted by Gasteiger charge is 2.24. The molecule has 2 heterocycles. The average molecular weight is 258 g/mol. The number of rotatable bonds is 1. The Bertz CT molecular complexity index is 570. The second-order valence-electron chi connectivity index (χ2n) is 4.93. The first-order valence-corrected chi connectivity index (χ1v) is 6.37. The van der Waals surface area contributed by atoms with Crippen molar-refractivity contribution in [3.05, 3.63) is 29.3 Å². The first kappa shape index (κ1) is 11.9. The molecule has 0 aromatic heterocycles. The summed E-state index contributed by atoms with van der Waals surface area (Å²) in [7, 11) is 0. The van der Waals surface area contributed by atoms with Gasteiger partial charge in [0, 0.05) is 37.2 Å². The van der Waals surface area contributed by atoms with Gasteiger partial charge in [-0.15, -0.1) is 0 Å². The zero-order chi connectivity index (χ0) is 13.4. The molecule has 3 rings (SSSR count). The lowest BCUT2D eigenvalue weighted by molar-refractivity contribution is -0.121. The Morgan fingerprint density at radius 2 is 1.89 bits per heavy atom. The molecule has 1 saturated heterocycles. The molecular weight excluding hydrogens is 244 g/mol. The van der Waals surface area contributed by atoms with E-state index in [2.05, 4.69) is 5.32 Å². The molecule has 5 nitrogen and oxygen atoms in total. The van der Waals surface area contributed by atoms with Crippen molar-refractivity contribution in [2.75, 3.05) is 18.4 Å². The Morgan fingerprint density at radius 1 is 1.16 bits per heavy atom. The highest BCUT2D eigenvalue weighted by atomic mass is 16.2. The molecule has 2 aliphatic rings. The van der Waals surface area contributed by atoms with Crippen molar-refractivity contribution in [2.24, 2.45) is 0 Å². The summed E-state index contributed by atoms with van der Waals surface area (Å²) in [4.78, 5) is 36.4. The Kier molecular flexibility index (Phi) is 2.81. The number of amides is 2. The van der Waals surface area contributed by atoms with Gasteiger partial charge in [-0.25, -0.2) is 0 Å². The van der Waals surface area contributed by atoms with Crippen LogP contribution >= 0.6 is 0 Å². The van der Waals surface area contributed by atoms with Crippen LogP contribution in [0.25, 0.3) is 0 Å². The quantitative estimate of drug-likeness (QED) is 0.816. The molecule has 0 bridgehead atoms. The second kappa shape index (κ2) is 4.50. The fraction of sp³-hybridized carbons (Fsp3) is 0.357. The van der Waals surface area contributed by atoms with Crippen molar-refractivity contribution >= 4 is 23.3 Å². The van der Waals surface area contributed by atoms with Crippen LogP contribution < -0.4 is 5.32 Å². The van der Waals surface area contributed by atoms with Gasteiger partial charge in [0.1, 0.15) is 5.78 Å². The number of benzene rings is 1. The van der Waals surface area contributed by atoms with E-state index in [1.807, 2.05) is 0 Å². The number of hydrogen-bond donors (Lipinski definition) is 1. The lowest BCUT2D eigenvalue weighted by Crippen LogP contribution is -2.38. The molecule has 0 spiro atoms. The topological polar surface area (TPSA) is 66.5 Å². The minimum Gasteiger partial charge on any atom is -0.338 e. The predicted octanol–water partition coefficient (Wildman–Crippen LogP) is 0.986. The van der Waals surface area contributed by atoms with Crippen molar-refractivity contribution in [1.29, 1.82) is 0 Å². The van der Waals surface area contributed by atoms with Gasteiger partial charge in [-0.1, -0.05) is 0 Å². The van der Waals surface area contributed by atoms with Gasteiger partial charge in [0.2, 0.25) is 5.91 Å². The first-order chi connectivity index (χ1) is 9.13. The van der Waals surface area contributed by atoms with Crippen LogP contribution in [0, 0.1) is 0 Å². The molecule has 1 N–H and O–H groups in total. The molecule has 1 aromatic carbocycles. The van der Waals surface area contributed by atoms with Gasteiger partial charge < -0.3 is 10.2 Å². The number of carbonyl (C=O) groups excluding carboxylic acids is 3. The zero-order valence-electron chi connectivity index (χ0n) is 10.4. The summed E-state index contributed by atoms with van der Waals surface area (Å²) in [6.45, 7) is 0.984. The van der Waals surface area contributed by atoms with E-state index in [1.165, 1.54) is 0 Å². The number of hydrogen-bond acceptors (Lipinski definition) is 3. The maximum atomic E-state index is 12.3. The van der Waals surface area contributed by atoms with E-state index in [1.54, 1.807) is 23.1 Å². The van der Waals surface area contributed by atoms with Gasteiger partial charge in [0.15, 0.2) is 0 Å². The summed E-state index contributed by atoms with van der Waals surface area (Å²) < 4.78 is 0. The average Bonchev–Trinajstić information content (AvgIpc) is 2.77. The van der Waals surface area contributed by atoms with E-state index in [4.69, 9.17) is 0 Å². The Morgan fingerprint density at radius 3 is 2.63 bits per heavy atom. The molecule has 0 unspecified atom stereocenters. The maximum Gasteiger partial charge on any atom is 0.253 e. The largest absolute Gasteiger partial charge is 0.338 e. The number of nitrogens with one attached hydrogen (secondary N) is 1. The molecule has 2 aliphatic heterocycles. The molecule has 2 amide bonds. The summed E-state index contributed by atoms with van der Waals surface area (Å²) in [6.07, 6.45) is 1.21. The fourth-order valence-electron chi connectivity index (χ4n) is 2.50. The number of likely N-dealkylation sites (tertiary alicyclic amines) is 1. The summed E-state index contributed by atoms with van der Waals surface area (Å²) in [5, 5.41) is 2.74. The number of Topliss-reactive ketones (excluding diaryl/α,β-unsaturated/α-hetero) is 1. The number of fused-ring (bicyclic) bond motifs is 1. The van der Waals surface area contributed by atoms with Gasteiger partial charge in [0.05, 0.1) is 6.42 Å². The summed E-state index contributed by atoms with van der Waals surface area (Å²) in [5.74, 6) is 0.116. The van der Waals surface area contributed by atoms with E-state index in [0.717, 1.165) is 11.3 Å². The monoisotopic (exact) mass is 258 g/mol. The van der Waals surface area contributed by atoms with Crippen LogP contribution in [0.15, 0.2) is 18.2 Å². The number of nitrogens with zero attached hydrogens (tertiary/aromatic N) is 1. The summed E-state index contributed by atoms with van der Waals surface area (Å²) >= 11 is 0. The van der Waals surface area contributed by atoms with Crippen LogP contribution in [0.2, 0.25) is 0 Å². The van der Waals surface area contributed by atoms with Crippen LogP contribution in [-0.2, 0) is 16.0 Å². The van der Waals surface area contributed by atoms with Crippen molar-refractivity contribution in [3.63, 3.8) is 0 Å². The minimum absolute atomic E-state index is 0.0387. The number of carbonyl (C=O) groups is 3. The molecule has 98 valence electrons. The third kappa shape index (κ3) is 2.23. The van der Waals surface area contributed by atoms with Gasteiger partial charge in [-0.3, -0.25) is 14.4 Å². The molecule has 0 radical (unpaired) electrons. The molecule has 0 atom stereocenters. The molecule has 1 fully saturated rings. The summed E-state index contributed by atoms with van der Waals surface area (Å²) in [6, 6.07) is 5.26. The van der Waals surface area contributed by atoms with Gasteiger partial charge in [0.25, 0.3) is 5.91 Å². The van der Waals surface area contributed by atoms with Gasteiger partial charge in [-0.2, -0.15) is 0 Å². The second-order valence-corrected chi connectivity index (χ2v) is 4.93. The first-order valence-electron chi connectivity index (χ1n) is 6.37. The lowest BCUT2D eigenvalue weighted by Gasteiger charge is -2.26. The SMILES string of the molecule is O=C1CCN(C(=O)c2ccc3c(c2)CC(=O)N3)CC1. The number of piperidine rings is 1. The Labute approximate surface area is 110 Å². The van der Waals surface area contributed by atoms with Crippen LogP contribution in [0.1, 0.15) is 28.8 Å². The van der Waals surface area contributed by atoms with Gasteiger partial charge >= 0.3 is 0 Å². The lowest BCUT2D eigenvalue weighted by atomic mass is 10.0. The number of anilines is 1. The Hall–Kier alpha value is -2.17. The highest BCUT2D eigenvalue weighted by molar-refractivity contribution is 6.02. The molecule has 5 heteroatoms. The molecule has 0 saturated carbocycles. The molecule has 0 aliphatic carbocycles. The molecule has 19 heavy (non-hydrogen) atoms. The van der Waals surface area contributed by atoms with Crippen LogP contribution in [0.3, 0.4) is 0 Å². The van der Waals surface area contributed by atoms with E-state index >= 15 is 0 Å². The standard InChI is InChI=1S/C14H14N2O3/c17-11-3-5-16(6-4-11)14(19)9-1-2-12-10(7-9)8-13(18)15-12/h1-2,7H,3-6,8H2,(H,15,18). The van der Waals surface area contributed by atoms with Crippen LogP contribution in [0.4, 0.5) is 5.69 Å². The normalized spacial score (nSPS) is 18.2. The third-order valence-electron chi connectivity index (χ3n) is 3.59. The van der Waals surface area contributed by atoms with Crippen molar-refractivity contribution in [1.82, 2.24) is 4.90 Å². The summed E-state index contributed by atoms with van der Waals surface area (Å²) in [5.41, 5.74) is 2.24. The molecule has 1 aromatic rings. The van der Waals surface area contributed by atoms with Crippen molar-refractivity contribution < 1.29 is 14.4 Å². The van der Waals surface area contributed by atoms with Crippen LogP contribution in [-0.4, -0.2) is 35.6 Å². The van der Waals surface area contributed by atoms with E-state index in [-0.39, 0.29) is 17.6 Å². The zero-order valence-corrected chi connectivity index (χ0v) is 10.4. The smallest absolute Gasteiger partial charge is 0.253 e. The fourth-order valence-corrected chi connectivity index (χ4v) is 2.50. The molecular formula is C14H14N2O3. The van der Waals surface area contributed by atoms with E-state index in [0.29, 0.717) is 37.9 Å². The van der Waals surface area contributed by atoms with Crippen molar-refractivity contribution in [2.45, 2.75) is 19.3 Å².